The van der Waals surface area contributed by atoms with E-state index < -0.39 is 11.7 Å². The van der Waals surface area contributed by atoms with Crippen LogP contribution in [0.15, 0.2) is 51.7 Å². The van der Waals surface area contributed by atoms with Crippen molar-refractivity contribution < 1.29 is 18.7 Å². The maximum absolute atomic E-state index is 12.6. The first-order valence-corrected chi connectivity index (χ1v) is 8.87. The molecule has 0 fully saturated rings. The van der Waals surface area contributed by atoms with E-state index in [0.717, 1.165) is 16.3 Å². The lowest BCUT2D eigenvalue weighted by atomic mass is 9.99. The Morgan fingerprint density at radius 2 is 1.81 bits per heavy atom. The SMILES string of the molecule is COC(=O)Cc1c(OC(C)C)oc(=O)n1C(C)c1cccc2ccccc12. The highest BCUT2D eigenvalue weighted by Crippen LogP contribution is 2.30. The zero-order valence-corrected chi connectivity index (χ0v) is 15.9. The molecule has 3 rings (SSSR count). The van der Waals surface area contributed by atoms with Gasteiger partial charge in [-0.15, -0.1) is 0 Å². The van der Waals surface area contributed by atoms with Crippen molar-refractivity contribution in [3.8, 4) is 5.95 Å². The predicted molar refractivity (Wildman–Crippen MR) is 102 cm³/mol. The molecule has 0 radical (unpaired) electrons. The topological polar surface area (TPSA) is 70.7 Å². The van der Waals surface area contributed by atoms with Gasteiger partial charge < -0.3 is 13.9 Å². The monoisotopic (exact) mass is 369 g/mol. The van der Waals surface area contributed by atoms with Crippen molar-refractivity contribution in [2.24, 2.45) is 0 Å². The largest absolute Gasteiger partial charge is 0.469 e. The summed E-state index contributed by atoms with van der Waals surface area (Å²) in [5, 5.41) is 2.11. The molecule has 0 bridgehead atoms. The van der Waals surface area contributed by atoms with E-state index in [0.29, 0.717) is 5.69 Å². The number of benzene rings is 2. The fourth-order valence-corrected chi connectivity index (χ4v) is 3.21. The van der Waals surface area contributed by atoms with Crippen LogP contribution in [0.2, 0.25) is 0 Å². The van der Waals surface area contributed by atoms with Gasteiger partial charge in [0, 0.05) is 0 Å². The van der Waals surface area contributed by atoms with Gasteiger partial charge in [0.25, 0.3) is 0 Å². The summed E-state index contributed by atoms with van der Waals surface area (Å²) in [6.07, 6.45) is -0.312. The summed E-state index contributed by atoms with van der Waals surface area (Å²) in [7, 11) is 1.31. The van der Waals surface area contributed by atoms with Crippen LogP contribution in [0.4, 0.5) is 0 Å². The lowest BCUT2D eigenvalue weighted by molar-refractivity contribution is -0.139. The van der Waals surface area contributed by atoms with E-state index in [1.54, 1.807) is 0 Å². The normalized spacial score (nSPS) is 12.3. The molecule has 3 aromatic rings. The van der Waals surface area contributed by atoms with Crippen molar-refractivity contribution in [3.05, 3.63) is 64.3 Å². The van der Waals surface area contributed by atoms with Crippen molar-refractivity contribution in [1.82, 2.24) is 4.57 Å². The van der Waals surface area contributed by atoms with E-state index in [1.165, 1.54) is 11.7 Å². The molecule has 0 spiro atoms. The number of hydrogen-bond donors (Lipinski definition) is 0. The van der Waals surface area contributed by atoms with E-state index in [1.807, 2.05) is 63.2 Å². The molecule has 1 unspecified atom stereocenters. The molecule has 0 N–H and O–H groups in total. The number of rotatable bonds is 6. The van der Waals surface area contributed by atoms with Crippen molar-refractivity contribution in [3.63, 3.8) is 0 Å². The van der Waals surface area contributed by atoms with Crippen molar-refractivity contribution >= 4 is 16.7 Å². The Bertz CT molecular complexity index is 1010. The number of fused-ring (bicyclic) bond motifs is 1. The Labute approximate surface area is 157 Å². The second kappa shape index (κ2) is 7.70. The van der Waals surface area contributed by atoms with E-state index in [2.05, 4.69) is 0 Å². The van der Waals surface area contributed by atoms with Crippen molar-refractivity contribution in [2.45, 2.75) is 39.3 Å². The Kier molecular flexibility index (Phi) is 5.35. The number of oxazole rings is 1. The van der Waals surface area contributed by atoms with E-state index >= 15 is 0 Å². The zero-order valence-electron chi connectivity index (χ0n) is 15.9. The second-order valence-corrected chi connectivity index (χ2v) is 6.64. The standard InChI is InChI=1S/C21H23NO5/c1-13(2)26-20-18(12-19(23)25-4)22(21(24)27-20)14(3)16-11-7-9-15-8-5-6-10-17(15)16/h5-11,13-14H,12H2,1-4H3. The van der Waals surface area contributed by atoms with Gasteiger partial charge in [-0.3, -0.25) is 9.36 Å². The molecule has 27 heavy (non-hydrogen) atoms. The number of hydrogen-bond acceptors (Lipinski definition) is 5. The van der Waals surface area contributed by atoms with E-state index in [-0.39, 0.29) is 24.5 Å². The van der Waals surface area contributed by atoms with Crippen molar-refractivity contribution in [2.75, 3.05) is 7.11 Å². The number of aromatic nitrogens is 1. The van der Waals surface area contributed by atoms with Crippen LogP contribution in [-0.4, -0.2) is 23.8 Å². The summed E-state index contributed by atoms with van der Waals surface area (Å²) in [6.45, 7) is 5.55. The van der Waals surface area contributed by atoms with Crippen molar-refractivity contribution in [1.29, 1.82) is 0 Å². The fourth-order valence-electron chi connectivity index (χ4n) is 3.21. The summed E-state index contributed by atoms with van der Waals surface area (Å²) >= 11 is 0. The number of carbonyl (C=O) groups excluding carboxylic acids is 1. The minimum atomic E-state index is -0.565. The first-order chi connectivity index (χ1) is 12.9. The molecular formula is C21H23NO5. The van der Waals surface area contributed by atoms with Gasteiger partial charge in [0.2, 0.25) is 0 Å². The van der Waals surface area contributed by atoms with E-state index in [9.17, 15) is 9.59 Å². The Hall–Kier alpha value is -3.02. The zero-order chi connectivity index (χ0) is 19.6. The first kappa shape index (κ1) is 18.8. The number of methoxy groups -OCH3 is 1. The van der Waals surface area contributed by atoms with Gasteiger partial charge in [-0.05, 0) is 37.1 Å². The van der Waals surface area contributed by atoms with Gasteiger partial charge in [0.05, 0.1) is 25.7 Å². The summed E-state index contributed by atoms with van der Waals surface area (Å²) < 4.78 is 17.2. The highest BCUT2D eigenvalue weighted by Gasteiger charge is 2.26. The predicted octanol–water partition coefficient (Wildman–Crippen LogP) is 3.71. The smallest absolute Gasteiger partial charge is 0.422 e. The van der Waals surface area contributed by atoms with Crippen LogP contribution < -0.4 is 10.5 Å². The number of carbonyl (C=O) groups is 1. The van der Waals surface area contributed by atoms with Gasteiger partial charge in [-0.25, -0.2) is 4.79 Å². The van der Waals surface area contributed by atoms with Gasteiger partial charge in [0.15, 0.2) is 0 Å². The molecule has 0 aliphatic carbocycles. The maximum Gasteiger partial charge on any atom is 0.422 e. The third kappa shape index (κ3) is 3.74. The van der Waals surface area contributed by atoms with Crippen LogP contribution in [0.5, 0.6) is 5.95 Å². The summed E-state index contributed by atoms with van der Waals surface area (Å²) in [5.74, 6) is -0.972. The molecule has 2 aromatic carbocycles. The Balaban J connectivity index is 2.15. The quantitative estimate of drug-likeness (QED) is 0.620. The number of nitrogens with zero attached hydrogens (tertiary/aromatic N) is 1. The minimum Gasteiger partial charge on any atom is -0.469 e. The molecule has 1 atom stereocenters. The number of ether oxygens (including phenoxy) is 2. The summed E-state index contributed by atoms with van der Waals surface area (Å²) in [5.41, 5.74) is 1.33. The lowest BCUT2D eigenvalue weighted by Gasteiger charge is -2.18. The summed E-state index contributed by atoms with van der Waals surface area (Å²) in [6, 6.07) is 13.5. The van der Waals surface area contributed by atoms with Gasteiger partial charge in [0.1, 0.15) is 5.69 Å². The molecule has 1 heterocycles. The van der Waals surface area contributed by atoms with E-state index in [4.69, 9.17) is 13.9 Å². The maximum atomic E-state index is 12.6. The van der Waals surface area contributed by atoms with Gasteiger partial charge in [-0.1, -0.05) is 42.5 Å². The van der Waals surface area contributed by atoms with Crippen LogP contribution in [0.1, 0.15) is 38.1 Å². The average molecular weight is 369 g/mol. The molecule has 0 amide bonds. The Morgan fingerprint density at radius 1 is 1.11 bits per heavy atom. The van der Waals surface area contributed by atoms with Crippen LogP contribution in [0.3, 0.4) is 0 Å². The van der Waals surface area contributed by atoms with Gasteiger partial charge in [-0.2, -0.15) is 0 Å². The second-order valence-electron chi connectivity index (χ2n) is 6.64. The molecule has 0 saturated carbocycles. The summed E-state index contributed by atoms with van der Waals surface area (Å²) in [4.78, 5) is 24.5. The third-order valence-electron chi connectivity index (χ3n) is 4.45. The highest BCUT2D eigenvalue weighted by molar-refractivity contribution is 5.86. The molecule has 0 aliphatic rings. The molecule has 1 aromatic heterocycles. The van der Waals surface area contributed by atoms with Gasteiger partial charge >= 0.3 is 17.7 Å². The lowest BCUT2D eigenvalue weighted by Crippen LogP contribution is -2.23. The van der Waals surface area contributed by atoms with Crippen LogP contribution in [-0.2, 0) is 16.0 Å². The van der Waals surface area contributed by atoms with Crippen LogP contribution in [0, 0.1) is 0 Å². The molecule has 142 valence electrons. The van der Waals surface area contributed by atoms with Crippen LogP contribution in [0.25, 0.3) is 10.8 Å². The molecular weight excluding hydrogens is 346 g/mol. The molecule has 6 heteroatoms. The fraction of sp³-hybridized carbons (Fsp3) is 0.333. The van der Waals surface area contributed by atoms with Crippen LogP contribution >= 0.6 is 0 Å². The first-order valence-electron chi connectivity index (χ1n) is 8.87. The Morgan fingerprint density at radius 3 is 2.52 bits per heavy atom. The number of esters is 1. The third-order valence-corrected chi connectivity index (χ3v) is 4.45. The molecule has 0 aliphatic heterocycles. The minimum absolute atomic E-state index is 0.0625. The average Bonchev–Trinajstić information content (AvgIpc) is 2.94. The molecule has 6 nitrogen and oxygen atoms in total. The highest BCUT2D eigenvalue weighted by atomic mass is 16.6. The molecule has 0 saturated heterocycles.